The Kier molecular flexibility index (Phi) is 3.31. The van der Waals surface area contributed by atoms with Gasteiger partial charge in [0.1, 0.15) is 0 Å². The molecule has 0 nitrogen and oxygen atoms in total. The van der Waals surface area contributed by atoms with Crippen molar-refractivity contribution in [3.8, 4) is 11.8 Å². The van der Waals surface area contributed by atoms with Crippen LogP contribution in [0.25, 0.3) is 0 Å². The van der Waals surface area contributed by atoms with Crippen molar-refractivity contribution in [2.75, 3.05) is 4.43 Å². The van der Waals surface area contributed by atoms with E-state index in [9.17, 15) is 0 Å². The van der Waals surface area contributed by atoms with Crippen LogP contribution < -0.4 is 0 Å². The standard InChI is InChI=1S/C9H7I/c10-8-4-7-9-5-2-1-3-6-9/h1-3,5-6H,8H2. The van der Waals surface area contributed by atoms with E-state index < -0.39 is 0 Å². The molecule has 50 valence electrons. The molecule has 0 N–H and O–H groups in total. The van der Waals surface area contributed by atoms with Crippen LogP contribution in [0.4, 0.5) is 0 Å². The van der Waals surface area contributed by atoms with Gasteiger partial charge in [-0.3, -0.25) is 0 Å². The highest BCUT2D eigenvalue weighted by molar-refractivity contribution is 14.1. The van der Waals surface area contributed by atoms with Gasteiger partial charge < -0.3 is 0 Å². The fraction of sp³-hybridized carbons (Fsp3) is 0.111. The molecule has 0 aliphatic heterocycles. The highest BCUT2D eigenvalue weighted by Crippen LogP contribution is 1.94. The number of hydrogen-bond acceptors (Lipinski definition) is 0. The first-order chi connectivity index (χ1) is 4.93. The van der Waals surface area contributed by atoms with E-state index in [-0.39, 0.29) is 0 Å². The number of alkyl halides is 1. The van der Waals surface area contributed by atoms with Crippen LogP contribution in [-0.2, 0) is 0 Å². The topological polar surface area (TPSA) is 0 Å². The minimum Gasteiger partial charge on any atom is -0.0872 e. The third kappa shape index (κ3) is 2.40. The van der Waals surface area contributed by atoms with Gasteiger partial charge >= 0.3 is 0 Å². The smallest absolute Gasteiger partial charge is 0.0613 e. The summed E-state index contributed by atoms with van der Waals surface area (Å²) >= 11 is 2.24. The van der Waals surface area contributed by atoms with Crippen molar-refractivity contribution in [2.24, 2.45) is 0 Å². The van der Waals surface area contributed by atoms with Crippen LogP contribution >= 0.6 is 22.6 Å². The maximum atomic E-state index is 3.04. The normalized spacial score (nSPS) is 8.10. The lowest BCUT2D eigenvalue weighted by atomic mass is 10.2. The molecule has 10 heavy (non-hydrogen) atoms. The molecule has 0 fully saturated rings. The first kappa shape index (κ1) is 7.62. The Labute approximate surface area is 74.8 Å². The van der Waals surface area contributed by atoms with Gasteiger partial charge in [0.2, 0.25) is 0 Å². The maximum absolute atomic E-state index is 3.04. The minimum atomic E-state index is 0.895. The number of benzene rings is 1. The van der Waals surface area contributed by atoms with E-state index >= 15 is 0 Å². The van der Waals surface area contributed by atoms with Gasteiger partial charge in [-0.25, -0.2) is 0 Å². The molecule has 0 heterocycles. The predicted octanol–water partition coefficient (Wildman–Crippen LogP) is 2.47. The summed E-state index contributed by atoms with van der Waals surface area (Å²) in [6.45, 7) is 0. The zero-order valence-corrected chi connectivity index (χ0v) is 7.63. The van der Waals surface area contributed by atoms with Crippen molar-refractivity contribution in [3.63, 3.8) is 0 Å². The van der Waals surface area contributed by atoms with E-state index in [0.29, 0.717) is 0 Å². The van der Waals surface area contributed by atoms with Gasteiger partial charge in [-0.1, -0.05) is 52.6 Å². The van der Waals surface area contributed by atoms with E-state index in [1.165, 1.54) is 0 Å². The van der Waals surface area contributed by atoms with Crippen LogP contribution in [0.5, 0.6) is 0 Å². The molecule has 0 radical (unpaired) electrons. The summed E-state index contributed by atoms with van der Waals surface area (Å²) in [4.78, 5) is 0. The van der Waals surface area contributed by atoms with Gasteiger partial charge in [0.25, 0.3) is 0 Å². The molecule has 0 aliphatic carbocycles. The molecule has 1 rings (SSSR count). The second-order valence-corrected chi connectivity index (χ2v) is 2.56. The Morgan fingerprint density at radius 3 is 2.50 bits per heavy atom. The first-order valence-electron chi connectivity index (χ1n) is 3.03. The van der Waals surface area contributed by atoms with Crippen molar-refractivity contribution >= 4 is 22.6 Å². The SMILES string of the molecule is ICC#Cc1ccccc1. The maximum Gasteiger partial charge on any atom is 0.0613 e. The van der Waals surface area contributed by atoms with Crippen LogP contribution in [0.1, 0.15) is 5.56 Å². The van der Waals surface area contributed by atoms with Crippen molar-refractivity contribution in [3.05, 3.63) is 35.9 Å². The number of hydrogen-bond donors (Lipinski definition) is 0. The molecule has 0 aromatic heterocycles. The van der Waals surface area contributed by atoms with Gasteiger partial charge in [-0.05, 0) is 12.1 Å². The summed E-state index contributed by atoms with van der Waals surface area (Å²) in [5, 5.41) is 0. The lowest BCUT2D eigenvalue weighted by Crippen LogP contribution is -1.70. The summed E-state index contributed by atoms with van der Waals surface area (Å²) in [6.07, 6.45) is 0. The van der Waals surface area contributed by atoms with Crippen LogP contribution in [0.15, 0.2) is 30.3 Å². The second kappa shape index (κ2) is 4.35. The first-order valence-corrected chi connectivity index (χ1v) is 4.56. The molecular formula is C9H7I. The number of rotatable bonds is 0. The molecule has 0 aliphatic rings. The Morgan fingerprint density at radius 2 is 1.90 bits per heavy atom. The summed E-state index contributed by atoms with van der Waals surface area (Å²) in [5.74, 6) is 6.04. The third-order valence-electron chi connectivity index (χ3n) is 1.07. The van der Waals surface area contributed by atoms with Gasteiger partial charge in [-0.15, -0.1) is 0 Å². The van der Waals surface area contributed by atoms with E-state index in [1.807, 2.05) is 30.3 Å². The van der Waals surface area contributed by atoms with Crippen molar-refractivity contribution in [2.45, 2.75) is 0 Å². The van der Waals surface area contributed by atoms with Crippen molar-refractivity contribution in [1.82, 2.24) is 0 Å². The van der Waals surface area contributed by atoms with Gasteiger partial charge in [0.05, 0.1) is 4.43 Å². The van der Waals surface area contributed by atoms with E-state index in [1.54, 1.807) is 0 Å². The monoisotopic (exact) mass is 242 g/mol. The Hall–Kier alpha value is -0.490. The summed E-state index contributed by atoms with van der Waals surface area (Å²) in [6, 6.07) is 10.0. The molecule has 0 amide bonds. The molecule has 0 bridgehead atoms. The molecule has 1 heteroatoms. The summed E-state index contributed by atoms with van der Waals surface area (Å²) < 4.78 is 0.895. The molecular weight excluding hydrogens is 235 g/mol. The fourth-order valence-corrected chi connectivity index (χ4v) is 0.848. The highest BCUT2D eigenvalue weighted by Gasteiger charge is 1.78. The van der Waals surface area contributed by atoms with Gasteiger partial charge in [0, 0.05) is 5.56 Å². The zero-order valence-electron chi connectivity index (χ0n) is 5.47. The second-order valence-electron chi connectivity index (χ2n) is 1.80. The largest absolute Gasteiger partial charge is 0.0872 e. The Balaban J connectivity index is 2.76. The molecule has 0 saturated heterocycles. The van der Waals surface area contributed by atoms with Gasteiger partial charge in [0.15, 0.2) is 0 Å². The van der Waals surface area contributed by atoms with Gasteiger partial charge in [-0.2, -0.15) is 0 Å². The van der Waals surface area contributed by atoms with E-state index in [4.69, 9.17) is 0 Å². The fourth-order valence-electron chi connectivity index (χ4n) is 0.657. The Morgan fingerprint density at radius 1 is 1.20 bits per heavy atom. The van der Waals surface area contributed by atoms with E-state index in [2.05, 4.69) is 34.4 Å². The van der Waals surface area contributed by atoms with Crippen LogP contribution in [0, 0.1) is 11.8 Å². The number of halogens is 1. The molecule has 1 aromatic carbocycles. The highest BCUT2D eigenvalue weighted by atomic mass is 127. The van der Waals surface area contributed by atoms with Crippen LogP contribution in [0.2, 0.25) is 0 Å². The molecule has 0 atom stereocenters. The lowest BCUT2D eigenvalue weighted by molar-refractivity contribution is 1.65. The zero-order chi connectivity index (χ0) is 7.23. The van der Waals surface area contributed by atoms with Crippen molar-refractivity contribution in [1.29, 1.82) is 0 Å². The average molecular weight is 242 g/mol. The molecule has 1 aromatic rings. The summed E-state index contributed by atoms with van der Waals surface area (Å²) in [7, 11) is 0. The van der Waals surface area contributed by atoms with Crippen molar-refractivity contribution < 1.29 is 0 Å². The lowest BCUT2D eigenvalue weighted by Gasteiger charge is -1.84. The van der Waals surface area contributed by atoms with Crippen LogP contribution in [-0.4, -0.2) is 4.43 Å². The minimum absolute atomic E-state index is 0.895. The van der Waals surface area contributed by atoms with Crippen LogP contribution in [0.3, 0.4) is 0 Å². The Bertz CT molecular complexity index is 240. The summed E-state index contributed by atoms with van der Waals surface area (Å²) in [5.41, 5.74) is 1.10. The quantitative estimate of drug-likeness (QED) is 0.372. The molecule has 0 unspecified atom stereocenters. The predicted molar refractivity (Wildman–Crippen MR) is 52.2 cm³/mol. The van der Waals surface area contributed by atoms with E-state index in [0.717, 1.165) is 9.99 Å². The molecule has 0 spiro atoms. The average Bonchev–Trinajstić information content (AvgIpc) is 2.03. The third-order valence-corrected chi connectivity index (χ3v) is 1.45. The molecule has 0 saturated carbocycles.